The van der Waals surface area contributed by atoms with Crippen molar-refractivity contribution in [1.29, 1.82) is 0 Å². The van der Waals surface area contributed by atoms with Crippen molar-refractivity contribution in [2.24, 2.45) is 5.92 Å². The van der Waals surface area contributed by atoms with Crippen molar-refractivity contribution in [3.05, 3.63) is 12.2 Å². The second-order valence-electron chi connectivity index (χ2n) is 3.01. The van der Waals surface area contributed by atoms with Gasteiger partial charge in [-0.1, -0.05) is 25.5 Å². The summed E-state index contributed by atoms with van der Waals surface area (Å²) in [5.74, 6) is -2.30. The number of carboxylic acids is 1. The molecule has 3 N–H and O–H groups in total. The van der Waals surface area contributed by atoms with Gasteiger partial charge in [-0.15, -0.1) is 0 Å². The van der Waals surface area contributed by atoms with Gasteiger partial charge in [-0.05, 0) is 6.42 Å². The lowest BCUT2D eigenvalue weighted by molar-refractivity contribution is -0.139. The molecule has 0 aromatic carbocycles. The first-order chi connectivity index (χ1) is 6.37. The molecule has 0 amide bonds. The number of hydrogen-bond donors (Lipinski definition) is 3. The van der Waals surface area contributed by atoms with E-state index >= 15 is 0 Å². The van der Waals surface area contributed by atoms with Gasteiger partial charge in [0.2, 0.25) is 0 Å². The van der Waals surface area contributed by atoms with E-state index in [9.17, 15) is 9.36 Å². The summed E-state index contributed by atoms with van der Waals surface area (Å²) in [6.07, 6.45) is 3.92. The molecule has 0 bridgehead atoms. The Kier molecular flexibility index (Phi) is 5.69. The molecule has 0 rings (SSSR count). The Morgan fingerprint density at radius 3 is 2.43 bits per heavy atom. The third kappa shape index (κ3) is 6.83. The Balaban J connectivity index is 4.31. The number of rotatable bonds is 6. The molecule has 0 aromatic rings. The molecule has 0 aromatic heterocycles. The van der Waals surface area contributed by atoms with Gasteiger partial charge in [-0.3, -0.25) is 9.36 Å². The average Bonchev–Trinajstić information content (AvgIpc) is 2.00. The van der Waals surface area contributed by atoms with Gasteiger partial charge in [0, 0.05) is 0 Å². The normalized spacial score (nSPS) is 14.5. The van der Waals surface area contributed by atoms with Gasteiger partial charge in [0.1, 0.15) is 0 Å². The van der Waals surface area contributed by atoms with Crippen LogP contribution in [0.1, 0.15) is 19.8 Å². The highest BCUT2D eigenvalue weighted by Gasteiger charge is 2.24. The lowest BCUT2D eigenvalue weighted by atomic mass is 10.1. The summed E-state index contributed by atoms with van der Waals surface area (Å²) in [4.78, 5) is 27.8. The molecule has 0 fully saturated rings. The van der Waals surface area contributed by atoms with Crippen LogP contribution in [0.15, 0.2) is 12.2 Å². The summed E-state index contributed by atoms with van der Waals surface area (Å²) in [6, 6.07) is 0. The third-order valence-electron chi connectivity index (χ3n) is 1.58. The van der Waals surface area contributed by atoms with Crippen LogP contribution in [0.4, 0.5) is 0 Å². The minimum absolute atomic E-state index is 0.636. The van der Waals surface area contributed by atoms with Crippen molar-refractivity contribution < 1.29 is 24.3 Å². The van der Waals surface area contributed by atoms with E-state index in [4.69, 9.17) is 14.9 Å². The van der Waals surface area contributed by atoms with E-state index < -0.39 is 25.6 Å². The van der Waals surface area contributed by atoms with Crippen molar-refractivity contribution >= 4 is 13.6 Å². The molecular weight excluding hydrogens is 207 g/mol. The molecule has 0 aliphatic rings. The molecule has 1 unspecified atom stereocenters. The van der Waals surface area contributed by atoms with Gasteiger partial charge in [0.05, 0.1) is 12.1 Å². The van der Waals surface area contributed by atoms with E-state index in [2.05, 4.69) is 0 Å². The first kappa shape index (κ1) is 13.4. The van der Waals surface area contributed by atoms with Crippen molar-refractivity contribution in [2.75, 3.05) is 6.16 Å². The highest BCUT2D eigenvalue weighted by atomic mass is 31.2. The van der Waals surface area contributed by atoms with Crippen LogP contribution in [-0.2, 0) is 9.36 Å². The second-order valence-corrected chi connectivity index (χ2v) is 4.70. The van der Waals surface area contributed by atoms with Crippen LogP contribution >= 0.6 is 7.60 Å². The fourth-order valence-electron chi connectivity index (χ4n) is 0.905. The maximum absolute atomic E-state index is 10.6. The molecule has 0 saturated carbocycles. The number of unbranched alkanes of at least 4 members (excludes halogenated alkanes) is 1. The Labute approximate surface area is 82.6 Å². The van der Waals surface area contributed by atoms with E-state index in [1.165, 1.54) is 6.08 Å². The van der Waals surface area contributed by atoms with Crippen LogP contribution in [0, 0.1) is 5.92 Å². The van der Waals surface area contributed by atoms with Gasteiger partial charge in [0.25, 0.3) is 0 Å². The first-order valence-electron chi connectivity index (χ1n) is 4.31. The number of aliphatic carboxylic acids is 1. The average molecular weight is 222 g/mol. The Hall–Kier alpha value is -0.640. The molecule has 6 heteroatoms. The lowest BCUT2D eigenvalue weighted by Gasteiger charge is -2.08. The molecule has 82 valence electrons. The van der Waals surface area contributed by atoms with Crippen molar-refractivity contribution in [3.63, 3.8) is 0 Å². The summed E-state index contributed by atoms with van der Waals surface area (Å²) in [5.41, 5.74) is 0. The molecule has 0 radical (unpaired) electrons. The lowest BCUT2D eigenvalue weighted by Crippen LogP contribution is -2.15. The predicted octanol–water partition coefficient (Wildman–Crippen LogP) is 1.22. The van der Waals surface area contributed by atoms with E-state index in [0.29, 0.717) is 6.42 Å². The van der Waals surface area contributed by atoms with Crippen LogP contribution in [0.3, 0.4) is 0 Å². The Bertz CT molecular complexity index is 254. The minimum atomic E-state index is -4.26. The molecule has 0 heterocycles. The third-order valence-corrected chi connectivity index (χ3v) is 2.44. The highest BCUT2D eigenvalue weighted by Crippen LogP contribution is 2.37. The molecule has 0 spiro atoms. The number of carbonyl (C=O) groups is 1. The second kappa shape index (κ2) is 5.96. The quantitative estimate of drug-likeness (QED) is 0.464. The summed E-state index contributed by atoms with van der Waals surface area (Å²) in [7, 11) is -4.26. The van der Waals surface area contributed by atoms with E-state index in [1.54, 1.807) is 6.08 Å². The van der Waals surface area contributed by atoms with E-state index in [0.717, 1.165) is 6.42 Å². The predicted molar refractivity (Wildman–Crippen MR) is 52.1 cm³/mol. The molecule has 14 heavy (non-hydrogen) atoms. The van der Waals surface area contributed by atoms with Gasteiger partial charge in [-0.2, -0.15) is 0 Å². The number of hydrogen-bond acceptors (Lipinski definition) is 2. The van der Waals surface area contributed by atoms with Crippen LogP contribution in [0.2, 0.25) is 0 Å². The van der Waals surface area contributed by atoms with E-state index in [1.807, 2.05) is 6.92 Å². The monoisotopic (exact) mass is 222 g/mol. The smallest absolute Gasteiger partial charge is 0.326 e. The van der Waals surface area contributed by atoms with Crippen LogP contribution in [0.5, 0.6) is 0 Å². The SMILES string of the molecule is CCC/C=C/C(CP(=O)(O)O)C(=O)O. The fourth-order valence-corrected chi connectivity index (χ4v) is 1.70. The molecule has 1 atom stereocenters. The van der Waals surface area contributed by atoms with Gasteiger partial charge < -0.3 is 14.9 Å². The largest absolute Gasteiger partial charge is 0.481 e. The topological polar surface area (TPSA) is 94.8 Å². The highest BCUT2D eigenvalue weighted by molar-refractivity contribution is 7.51. The van der Waals surface area contributed by atoms with Gasteiger partial charge >= 0.3 is 13.6 Å². The molecule has 0 aliphatic heterocycles. The van der Waals surface area contributed by atoms with Crippen molar-refractivity contribution in [3.8, 4) is 0 Å². The summed E-state index contributed by atoms with van der Waals surface area (Å²) >= 11 is 0. The van der Waals surface area contributed by atoms with Crippen LogP contribution in [-0.4, -0.2) is 27.0 Å². The Morgan fingerprint density at radius 1 is 1.50 bits per heavy atom. The zero-order chi connectivity index (χ0) is 11.2. The number of carboxylic acid groups (broad SMARTS) is 1. The molecule has 0 saturated heterocycles. The Morgan fingerprint density at radius 2 is 2.07 bits per heavy atom. The van der Waals surface area contributed by atoms with Gasteiger partial charge in [-0.25, -0.2) is 0 Å². The van der Waals surface area contributed by atoms with Crippen molar-refractivity contribution in [1.82, 2.24) is 0 Å². The summed E-state index contributed by atoms with van der Waals surface area (Å²) in [6.45, 7) is 1.93. The zero-order valence-electron chi connectivity index (χ0n) is 7.96. The number of allylic oxidation sites excluding steroid dienone is 1. The van der Waals surface area contributed by atoms with Gasteiger partial charge in [0.15, 0.2) is 0 Å². The molecule has 5 nitrogen and oxygen atoms in total. The fraction of sp³-hybridized carbons (Fsp3) is 0.625. The van der Waals surface area contributed by atoms with Crippen molar-refractivity contribution in [2.45, 2.75) is 19.8 Å². The van der Waals surface area contributed by atoms with Crippen LogP contribution < -0.4 is 0 Å². The van der Waals surface area contributed by atoms with Crippen LogP contribution in [0.25, 0.3) is 0 Å². The maximum atomic E-state index is 10.6. The molecular formula is C8H15O5P. The standard InChI is InChI=1S/C8H15O5P/c1-2-3-4-5-7(8(9)10)6-14(11,12)13/h4-5,7H,2-3,6H2,1H3,(H,9,10)(H2,11,12,13)/b5-4+. The molecule has 0 aliphatic carbocycles. The summed E-state index contributed by atoms with van der Waals surface area (Å²) < 4.78 is 10.6. The minimum Gasteiger partial charge on any atom is -0.481 e. The first-order valence-corrected chi connectivity index (χ1v) is 6.10. The maximum Gasteiger partial charge on any atom is 0.326 e. The summed E-state index contributed by atoms with van der Waals surface area (Å²) in [5, 5.41) is 8.64. The van der Waals surface area contributed by atoms with E-state index in [-0.39, 0.29) is 0 Å². The zero-order valence-corrected chi connectivity index (χ0v) is 8.85.